The number of hydrogen-bond donors (Lipinski definition) is 1. The molecule has 33 heavy (non-hydrogen) atoms. The van der Waals surface area contributed by atoms with E-state index < -0.39 is 42.8 Å². The van der Waals surface area contributed by atoms with Gasteiger partial charge in [0.1, 0.15) is 11.6 Å². The van der Waals surface area contributed by atoms with Crippen LogP contribution in [0.15, 0.2) is 42.6 Å². The molecule has 0 unspecified atom stereocenters. The number of carbonyl (C=O) groups excluding carboxylic acids is 2. The maximum Gasteiger partial charge on any atom is 0.417 e. The molecule has 0 saturated carbocycles. The van der Waals surface area contributed by atoms with E-state index in [2.05, 4.69) is 15.0 Å². The maximum absolute atomic E-state index is 12.6. The number of piperidine rings is 1. The van der Waals surface area contributed by atoms with Gasteiger partial charge in [0.15, 0.2) is 6.61 Å². The molecule has 2 heterocycles. The van der Waals surface area contributed by atoms with Crippen LogP contribution in [0, 0.1) is 5.92 Å². The topological polar surface area (TPSA) is 80.8 Å². The SMILES string of the molecule is O=C(COC(=O)C1CCN(c2ccc(C(F)(F)F)cn2)CC1)Nc1ccc(OC(F)F)cc1. The van der Waals surface area contributed by atoms with E-state index in [-0.39, 0.29) is 5.75 Å². The first-order valence-electron chi connectivity index (χ1n) is 9.91. The van der Waals surface area contributed by atoms with E-state index in [1.54, 1.807) is 4.90 Å². The summed E-state index contributed by atoms with van der Waals surface area (Å²) in [5.74, 6) is -1.27. The van der Waals surface area contributed by atoms with Crippen LogP contribution in [0.2, 0.25) is 0 Å². The lowest BCUT2D eigenvalue weighted by Gasteiger charge is -2.31. The number of benzene rings is 1. The quantitative estimate of drug-likeness (QED) is 0.482. The molecule has 1 saturated heterocycles. The molecule has 0 radical (unpaired) electrons. The Morgan fingerprint density at radius 1 is 1.09 bits per heavy atom. The zero-order valence-electron chi connectivity index (χ0n) is 17.1. The lowest BCUT2D eigenvalue weighted by Crippen LogP contribution is -2.38. The number of nitrogens with one attached hydrogen (secondary N) is 1. The fourth-order valence-electron chi connectivity index (χ4n) is 3.26. The summed E-state index contributed by atoms with van der Waals surface area (Å²) in [5.41, 5.74) is -0.518. The molecule has 1 fully saturated rings. The van der Waals surface area contributed by atoms with Gasteiger partial charge in [-0.3, -0.25) is 9.59 Å². The van der Waals surface area contributed by atoms with Gasteiger partial charge in [-0.2, -0.15) is 22.0 Å². The minimum Gasteiger partial charge on any atom is -0.455 e. The first-order valence-corrected chi connectivity index (χ1v) is 9.91. The number of pyridine rings is 1. The van der Waals surface area contributed by atoms with Crippen LogP contribution in [0.1, 0.15) is 18.4 Å². The van der Waals surface area contributed by atoms with E-state index in [1.807, 2.05) is 0 Å². The molecule has 1 amide bonds. The van der Waals surface area contributed by atoms with Crippen molar-refractivity contribution in [2.45, 2.75) is 25.6 Å². The van der Waals surface area contributed by atoms with Gasteiger partial charge in [-0.1, -0.05) is 0 Å². The van der Waals surface area contributed by atoms with Crippen LogP contribution >= 0.6 is 0 Å². The van der Waals surface area contributed by atoms with Crippen molar-refractivity contribution in [3.63, 3.8) is 0 Å². The molecule has 1 aliphatic heterocycles. The molecule has 3 rings (SSSR count). The van der Waals surface area contributed by atoms with Crippen molar-refractivity contribution in [2.24, 2.45) is 5.92 Å². The molecule has 2 aromatic rings. The van der Waals surface area contributed by atoms with Crippen molar-refractivity contribution in [3.05, 3.63) is 48.2 Å². The van der Waals surface area contributed by atoms with Crippen LogP contribution in [-0.2, 0) is 20.5 Å². The van der Waals surface area contributed by atoms with E-state index in [4.69, 9.17) is 4.74 Å². The predicted molar refractivity (Wildman–Crippen MR) is 107 cm³/mol. The largest absolute Gasteiger partial charge is 0.455 e. The highest BCUT2D eigenvalue weighted by Gasteiger charge is 2.31. The summed E-state index contributed by atoms with van der Waals surface area (Å²) in [5, 5.41) is 2.47. The third kappa shape index (κ3) is 7.02. The first-order chi connectivity index (χ1) is 15.6. The van der Waals surface area contributed by atoms with Gasteiger partial charge in [0, 0.05) is 25.0 Å². The number of ether oxygens (including phenoxy) is 2. The third-order valence-corrected chi connectivity index (χ3v) is 4.94. The summed E-state index contributed by atoms with van der Waals surface area (Å²) in [6.45, 7) is -2.67. The number of aromatic nitrogens is 1. The van der Waals surface area contributed by atoms with Gasteiger partial charge in [-0.15, -0.1) is 0 Å². The zero-order valence-corrected chi connectivity index (χ0v) is 17.1. The maximum atomic E-state index is 12.6. The number of alkyl halides is 5. The standard InChI is InChI=1S/C21H20F5N3O4/c22-20(23)33-16-4-2-15(3-5-16)28-18(30)12-32-19(31)13-7-9-29(10-8-13)17-6-1-14(11-27-17)21(24,25)26/h1-6,11,13,20H,7-10,12H2,(H,28,30). The van der Waals surface area contributed by atoms with Gasteiger partial charge in [0.2, 0.25) is 0 Å². The minimum absolute atomic E-state index is 0.0627. The molecule has 0 spiro atoms. The van der Waals surface area contributed by atoms with E-state index in [1.165, 1.54) is 30.3 Å². The molecule has 1 aromatic carbocycles. The van der Waals surface area contributed by atoms with E-state index >= 15 is 0 Å². The van der Waals surface area contributed by atoms with Gasteiger partial charge in [-0.05, 0) is 49.2 Å². The Kier molecular flexibility index (Phi) is 7.67. The number of hydrogen-bond acceptors (Lipinski definition) is 6. The van der Waals surface area contributed by atoms with Crippen LogP contribution in [0.5, 0.6) is 5.75 Å². The molecule has 7 nitrogen and oxygen atoms in total. The normalized spacial score (nSPS) is 14.8. The molecular weight excluding hydrogens is 453 g/mol. The second kappa shape index (κ2) is 10.5. The monoisotopic (exact) mass is 473 g/mol. The molecule has 1 N–H and O–H groups in total. The minimum atomic E-state index is -4.46. The Bertz CT molecular complexity index is 944. The van der Waals surface area contributed by atoms with Crippen molar-refractivity contribution in [1.29, 1.82) is 0 Å². The molecule has 0 bridgehead atoms. The second-order valence-electron chi connectivity index (χ2n) is 7.22. The predicted octanol–water partition coefficient (Wildman–Crippen LogP) is 4.10. The third-order valence-electron chi connectivity index (χ3n) is 4.94. The highest BCUT2D eigenvalue weighted by atomic mass is 19.4. The van der Waals surface area contributed by atoms with Crippen molar-refractivity contribution in [1.82, 2.24) is 4.98 Å². The van der Waals surface area contributed by atoms with Crippen LogP contribution in [0.25, 0.3) is 0 Å². The van der Waals surface area contributed by atoms with Gasteiger partial charge in [-0.25, -0.2) is 4.98 Å². The summed E-state index contributed by atoms with van der Waals surface area (Å²) in [6, 6.07) is 7.49. The number of rotatable bonds is 7. The number of esters is 1. The Morgan fingerprint density at radius 3 is 2.30 bits per heavy atom. The molecule has 1 aromatic heterocycles. The number of halogens is 5. The Morgan fingerprint density at radius 2 is 1.76 bits per heavy atom. The van der Waals surface area contributed by atoms with Crippen molar-refractivity contribution in [2.75, 3.05) is 29.9 Å². The van der Waals surface area contributed by atoms with E-state index in [9.17, 15) is 31.5 Å². The highest BCUT2D eigenvalue weighted by molar-refractivity contribution is 5.93. The molecule has 12 heteroatoms. The molecule has 178 valence electrons. The average Bonchev–Trinajstić information content (AvgIpc) is 2.78. The molecular formula is C21H20F5N3O4. The van der Waals surface area contributed by atoms with Crippen LogP contribution < -0.4 is 15.0 Å². The number of carbonyl (C=O) groups is 2. The Balaban J connectivity index is 1.41. The fourth-order valence-corrected chi connectivity index (χ4v) is 3.26. The number of amides is 1. The van der Waals surface area contributed by atoms with Crippen molar-refractivity contribution < 1.29 is 41.0 Å². The van der Waals surface area contributed by atoms with Gasteiger partial charge >= 0.3 is 18.8 Å². The van der Waals surface area contributed by atoms with E-state index in [0.29, 0.717) is 37.4 Å². The molecule has 1 aliphatic rings. The van der Waals surface area contributed by atoms with Crippen molar-refractivity contribution >= 4 is 23.4 Å². The molecule has 0 aliphatic carbocycles. The first kappa shape index (κ1) is 24.2. The Labute approximate surface area is 185 Å². The van der Waals surface area contributed by atoms with E-state index in [0.717, 1.165) is 12.3 Å². The molecule has 0 atom stereocenters. The van der Waals surface area contributed by atoms with Gasteiger partial charge in [0.05, 0.1) is 11.5 Å². The number of nitrogens with zero attached hydrogens (tertiary/aromatic N) is 2. The van der Waals surface area contributed by atoms with Gasteiger partial charge < -0.3 is 19.7 Å². The lowest BCUT2D eigenvalue weighted by atomic mass is 9.97. The van der Waals surface area contributed by atoms with Crippen LogP contribution in [0.4, 0.5) is 33.5 Å². The number of anilines is 2. The van der Waals surface area contributed by atoms with Gasteiger partial charge in [0.25, 0.3) is 5.91 Å². The van der Waals surface area contributed by atoms with Crippen molar-refractivity contribution in [3.8, 4) is 5.75 Å². The summed E-state index contributed by atoms with van der Waals surface area (Å²) >= 11 is 0. The summed E-state index contributed by atoms with van der Waals surface area (Å²) in [4.78, 5) is 29.8. The fraction of sp³-hybridized carbons (Fsp3) is 0.381. The average molecular weight is 473 g/mol. The zero-order chi connectivity index (χ0) is 24.0. The summed E-state index contributed by atoms with van der Waals surface area (Å²) < 4.78 is 71.5. The van der Waals surface area contributed by atoms with Crippen LogP contribution in [-0.4, -0.2) is 43.2 Å². The second-order valence-corrected chi connectivity index (χ2v) is 7.22. The lowest BCUT2D eigenvalue weighted by molar-refractivity contribution is -0.152. The Hall–Kier alpha value is -3.44. The van der Waals surface area contributed by atoms with Crippen LogP contribution in [0.3, 0.4) is 0 Å². The highest BCUT2D eigenvalue weighted by Crippen LogP contribution is 2.30. The summed E-state index contributed by atoms with van der Waals surface area (Å²) in [6.07, 6.45) is -2.89. The smallest absolute Gasteiger partial charge is 0.417 e. The summed E-state index contributed by atoms with van der Waals surface area (Å²) in [7, 11) is 0.